The average molecular weight is 479 g/mol. The summed E-state index contributed by atoms with van der Waals surface area (Å²) in [5.74, 6) is 0.676. The van der Waals surface area contributed by atoms with Gasteiger partial charge in [0.05, 0.1) is 34.6 Å². The molecule has 0 bridgehead atoms. The van der Waals surface area contributed by atoms with Crippen LogP contribution in [0.5, 0.6) is 0 Å². The summed E-state index contributed by atoms with van der Waals surface area (Å²) in [4.78, 5) is 23.2. The molecule has 1 amide bonds. The highest BCUT2D eigenvalue weighted by atomic mass is 16.1. The molecule has 7 nitrogen and oxygen atoms in total. The molecule has 182 valence electrons. The molecule has 0 unspecified atom stereocenters. The van der Waals surface area contributed by atoms with Crippen LogP contribution < -0.4 is 5.32 Å². The van der Waals surface area contributed by atoms with E-state index >= 15 is 0 Å². The van der Waals surface area contributed by atoms with E-state index in [2.05, 4.69) is 70.4 Å². The molecule has 0 atom stereocenters. The van der Waals surface area contributed by atoms with Gasteiger partial charge in [0.1, 0.15) is 5.82 Å². The maximum atomic E-state index is 13.3. The average Bonchev–Trinajstić information content (AvgIpc) is 3.52. The van der Waals surface area contributed by atoms with Crippen molar-refractivity contribution in [2.24, 2.45) is 0 Å². The van der Waals surface area contributed by atoms with Crippen molar-refractivity contribution in [2.45, 2.75) is 46.2 Å². The van der Waals surface area contributed by atoms with Gasteiger partial charge < -0.3 is 9.88 Å². The topological polar surface area (TPSA) is 77.6 Å². The summed E-state index contributed by atoms with van der Waals surface area (Å²) in [5.41, 5.74) is 5.80. The Balaban J connectivity index is 1.63. The van der Waals surface area contributed by atoms with Crippen LogP contribution in [0.1, 0.15) is 59.7 Å². The van der Waals surface area contributed by atoms with E-state index in [1.54, 1.807) is 10.9 Å². The van der Waals surface area contributed by atoms with Crippen LogP contribution in [0.25, 0.3) is 11.2 Å². The number of aromatic nitrogens is 5. The number of nitrogens with one attached hydrogen (secondary N) is 1. The zero-order valence-corrected chi connectivity index (χ0v) is 20.8. The maximum absolute atomic E-state index is 13.3. The molecule has 0 aliphatic carbocycles. The maximum Gasteiger partial charge on any atom is 0.257 e. The normalized spacial score (nSPS) is 11.3. The summed E-state index contributed by atoms with van der Waals surface area (Å²) in [6, 6.07) is 22.8. The lowest BCUT2D eigenvalue weighted by Gasteiger charge is -2.19. The predicted octanol–water partition coefficient (Wildman–Crippen LogP) is 5.66. The van der Waals surface area contributed by atoms with Crippen LogP contribution in [0.3, 0.4) is 0 Å². The number of hydrogen-bond donors (Lipinski definition) is 1. The van der Waals surface area contributed by atoms with Crippen molar-refractivity contribution >= 4 is 22.8 Å². The van der Waals surface area contributed by atoms with Gasteiger partial charge >= 0.3 is 0 Å². The van der Waals surface area contributed by atoms with E-state index in [1.807, 2.05) is 38.2 Å². The Morgan fingerprint density at radius 1 is 0.917 bits per heavy atom. The van der Waals surface area contributed by atoms with E-state index in [4.69, 9.17) is 9.97 Å². The van der Waals surface area contributed by atoms with Crippen LogP contribution in [-0.2, 0) is 19.5 Å². The van der Waals surface area contributed by atoms with E-state index < -0.39 is 0 Å². The van der Waals surface area contributed by atoms with Crippen LogP contribution in [-0.4, -0.2) is 30.2 Å². The minimum Gasteiger partial charge on any atom is -0.326 e. The lowest BCUT2D eigenvalue weighted by Crippen LogP contribution is -2.15. The highest BCUT2D eigenvalue weighted by molar-refractivity contribution is 6.06. The third-order valence-electron chi connectivity index (χ3n) is 6.48. The van der Waals surface area contributed by atoms with Gasteiger partial charge in [-0.3, -0.25) is 9.48 Å². The number of fused-ring (bicyclic) bond motifs is 1. The Morgan fingerprint density at radius 2 is 1.58 bits per heavy atom. The second-order valence-electron chi connectivity index (χ2n) is 8.69. The van der Waals surface area contributed by atoms with Crippen LogP contribution in [0.15, 0.2) is 79.1 Å². The standard InChI is InChI=1S/C29H30N6O/c1-4-24-23(29(36)31-22-18-30-34(5-2)19-22)17-25-27(32-24)33-28(35(25)6-3)26(20-13-9-7-10-14-20)21-15-11-8-12-16-21/h7-19,26H,4-6H2,1-3H3,(H,31,36). The molecule has 1 N–H and O–H groups in total. The molecule has 36 heavy (non-hydrogen) atoms. The van der Waals surface area contributed by atoms with Gasteiger partial charge in [0, 0.05) is 19.3 Å². The first-order valence-corrected chi connectivity index (χ1v) is 12.5. The number of benzene rings is 2. The molecule has 3 aromatic heterocycles. The molecule has 3 heterocycles. The van der Waals surface area contributed by atoms with Crippen LogP contribution in [0.2, 0.25) is 0 Å². The SMILES string of the molecule is CCc1nc2nc(C(c3ccccc3)c3ccccc3)n(CC)c2cc1C(=O)Nc1cnn(CC)c1. The highest BCUT2D eigenvalue weighted by Gasteiger charge is 2.25. The van der Waals surface area contributed by atoms with Crippen LogP contribution in [0.4, 0.5) is 5.69 Å². The third kappa shape index (κ3) is 4.40. The van der Waals surface area contributed by atoms with Crippen molar-refractivity contribution in [2.75, 3.05) is 5.32 Å². The van der Waals surface area contributed by atoms with Gasteiger partial charge in [-0.05, 0) is 37.5 Å². The van der Waals surface area contributed by atoms with E-state index in [-0.39, 0.29) is 11.8 Å². The van der Waals surface area contributed by atoms with Crippen LogP contribution >= 0.6 is 0 Å². The predicted molar refractivity (Wildman–Crippen MR) is 142 cm³/mol. The first-order valence-electron chi connectivity index (χ1n) is 12.5. The second-order valence-corrected chi connectivity index (χ2v) is 8.69. The molecule has 5 aromatic rings. The summed E-state index contributed by atoms with van der Waals surface area (Å²) in [7, 11) is 0. The summed E-state index contributed by atoms with van der Waals surface area (Å²) >= 11 is 0. The van der Waals surface area contributed by atoms with E-state index in [0.29, 0.717) is 29.9 Å². The van der Waals surface area contributed by atoms with Gasteiger partial charge in [0.2, 0.25) is 0 Å². The Hall–Kier alpha value is -4.26. The zero-order chi connectivity index (χ0) is 25.1. The molecule has 0 fully saturated rings. The van der Waals surface area contributed by atoms with Crippen molar-refractivity contribution in [3.8, 4) is 0 Å². The first-order chi connectivity index (χ1) is 17.6. The summed E-state index contributed by atoms with van der Waals surface area (Å²) in [6.07, 6.45) is 4.12. The second kappa shape index (κ2) is 10.2. The van der Waals surface area contributed by atoms with Gasteiger partial charge in [-0.2, -0.15) is 5.10 Å². The fraction of sp³-hybridized carbons (Fsp3) is 0.241. The molecule has 0 aliphatic rings. The number of nitrogens with zero attached hydrogens (tertiary/aromatic N) is 5. The van der Waals surface area contributed by atoms with Crippen molar-refractivity contribution in [3.63, 3.8) is 0 Å². The van der Waals surface area contributed by atoms with Gasteiger partial charge in [0.15, 0.2) is 5.65 Å². The summed E-state index contributed by atoms with van der Waals surface area (Å²) < 4.78 is 3.96. The quantitative estimate of drug-likeness (QED) is 0.312. The summed E-state index contributed by atoms with van der Waals surface area (Å²) in [6.45, 7) is 7.57. The van der Waals surface area contributed by atoms with Crippen molar-refractivity contribution in [1.82, 2.24) is 24.3 Å². The minimum atomic E-state index is -0.190. The fourth-order valence-electron chi connectivity index (χ4n) is 4.70. The monoisotopic (exact) mass is 478 g/mol. The number of imidazole rings is 1. The van der Waals surface area contributed by atoms with E-state index in [9.17, 15) is 4.79 Å². The van der Waals surface area contributed by atoms with Crippen molar-refractivity contribution in [1.29, 1.82) is 0 Å². The summed E-state index contributed by atoms with van der Waals surface area (Å²) in [5, 5.41) is 7.23. The van der Waals surface area contributed by atoms with Gasteiger partial charge in [0.25, 0.3) is 5.91 Å². The van der Waals surface area contributed by atoms with E-state index in [0.717, 1.165) is 34.7 Å². The number of amides is 1. The number of rotatable bonds is 8. The molecular formula is C29H30N6O. The van der Waals surface area contributed by atoms with Gasteiger partial charge in [-0.15, -0.1) is 0 Å². The van der Waals surface area contributed by atoms with Crippen molar-refractivity contribution < 1.29 is 4.79 Å². The Labute approximate surface area is 210 Å². The number of carbonyl (C=O) groups is 1. The number of anilines is 1. The number of pyridine rings is 1. The Morgan fingerprint density at radius 3 is 2.14 bits per heavy atom. The van der Waals surface area contributed by atoms with Crippen LogP contribution in [0, 0.1) is 0 Å². The van der Waals surface area contributed by atoms with E-state index in [1.165, 1.54) is 0 Å². The highest BCUT2D eigenvalue weighted by Crippen LogP contribution is 2.33. The molecule has 0 spiro atoms. The van der Waals surface area contributed by atoms with Crippen molar-refractivity contribution in [3.05, 3.63) is 107 Å². The number of carbonyl (C=O) groups excluding carboxylic acids is 1. The molecule has 2 aromatic carbocycles. The van der Waals surface area contributed by atoms with Gasteiger partial charge in [-0.1, -0.05) is 67.6 Å². The molecule has 5 rings (SSSR count). The largest absolute Gasteiger partial charge is 0.326 e. The Kier molecular flexibility index (Phi) is 6.62. The molecule has 7 heteroatoms. The molecule has 0 saturated carbocycles. The number of aryl methyl sites for hydroxylation is 3. The molecule has 0 radical (unpaired) electrons. The lowest BCUT2D eigenvalue weighted by molar-refractivity contribution is 0.102. The minimum absolute atomic E-state index is 0.0521. The molecule has 0 aliphatic heterocycles. The Bertz CT molecular complexity index is 1450. The zero-order valence-electron chi connectivity index (χ0n) is 20.8. The molecule has 0 saturated heterocycles. The first kappa shape index (κ1) is 23.5. The smallest absolute Gasteiger partial charge is 0.257 e. The fourth-order valence-corrected chi connectivity index (χ4v) is 4.70. The molecular weight excluding hydrogens is 448 g/mol. The number of hydrogen-bond acceptors (Lipinski definition) is 4. The van der Waals surface area contributed by atoms with Gasteiger partial charge in [-0.25, -0.2) is 9.97 Å². The third-order valence-corrected chi connectivity index (χ3v) is 6.48. The lowest BCUT2D eigenvalue weighted by atomic mass is 9.90.